The van der Waals surface area contributed by atoms with Gasteiger partial charge >= 0.3 is 0 Å². The predicted molar refractivity (Wildman–Crippen MR) is 91.9 cm³/mol. The van der Waals surface area contributed by atoms with Gasteiger partial charge in [0.15, 0.2) is 0 Å². The zero-order valence-corrected chi connectivity index (χ0v) is 13.6. The second-order valence-corrected chi connectivity index (χ2v) is 6.49. The molecule has 0 bridgehead atoms. The van der Waals surface area contributed by atoms with Crippen molar-refractivity contribution in [1.82, 2.24) is 0 Å². The van der Waals surface area contributed by atoms with Crippen molar-refractivity contribution < 1.29 is 9.21 Å². The Morgan fingerprint density at radius 1 is 1.04 bits per heavy atom. The van der Waals surface area contributed by atoms with Crippen LogP contribution < -0.4 is 5.32 Å². The number of hydrogen-bond acceptors (Lipinski definition) is 2. The molecular formula is C20H19NO2. The number of rotatable bonds is 2. The highest BCUT2D eigenvalue weighted by molar-refractivity contribution is 6.03. The van der Waals surface area contributed by atoms with Gasteiger partial charge in [0.25, 0.3) is 0 Å². The summed E-state index contributed by atoms with van der Waals surface area (Å²) >= 11 is 0. The van der Waals surface area contributed by atoms with Crippen LogP contribution in [0.1, 0.15) is 33.9 Å². The number of benzene rings is 2. The average molecular weight is 305 g/mol. The largest absolute Gasteiger partial charge is 0.461 e. The molecule has 2 aromatic carbocycles. The van der Waals surface area contributed by atoms with Crippen molar-refractivity contribution in [3.8, 4) is 0 Å². The number of carbonyl (C=O) groups is 1. The third kappa shape index (κ3) is 2.24. The van der Waals surface area contributed by atoms with Gasteiger partial charge in [0.05, 0.1) is 5.92 Å². The van der Waals surface area contributed by atoms with Crippen LogP contribution in [0.5, 0.6) is 0 Å². The van der Waals surface area contributed by atoms with Gasteiger partial charge in [0.2, 0.25) is 5.91 Å². The van der Waals surface area contributed by atoms with Crippen molar-refractivity contribution in [2.45, 2.75) is 33.1 Å². The van der Waals surface area contributed by atoms with E-state index in [2.05, 4.69) is 44.3 Å². The summed E-state index contributed by atoms with van der Waals surface area (Å²) in [6.07, 6.45) is 0.599. The first-order chi connectivity index (χ1) is 11.0. The molecule has 0 aliphatic carbocycles. The van der Waals surface area contributed by atoms with Gasteiger partial charge in [-0.3, -0.25) is 4.79 Å². The lowest BCUT2D eigenvalue weighted by molar-refractivity contribution is -0.117. The minimum atomic E-state index is -0.176. The van der Waals surface area contributed by atoms with Gasteiger partial charge < -0.3 is 9.73 Å². The summed E-state index contributed by atoms with van der Waals surface area (Å²) in [5.74, 6) is 0.784. The van der Waals surface area contributed by atoms with Crippen molar-refractivity contribution in [1.29, 1.82) is 0 Å². The van der Waals surface area contributed by atoms with E-state index in [4.69, 9.17) is 4.42 Å². The standard InChI is InChI=1S/C20H19NO2/c1-11-4-6-17-15(9-11)16(20(22)21-17)10-19-13(3)14-8-12(2)5-7-18(14)23-19/h4-9,16H,10H2,1-3H3,(H,21,22)/t16-/m1/s1. The minimum absolute atomic E-state index is 0.0571. The number of hydrogen-bond donors (Lipinski definition) is 1. The molecule has 2 heterocycles. The highest BCUT2D eigenvalue weighted by atomic mass is 16.3. The third-order valence-electron chi connectivity index (χ3n) is 4.74. The number of fused-ring (bicyclic) bond motifs is 2. The first-order valence-corrected chi connectivity index (χ1v) is 7.93. The Morgan fingerprint density at radius 3 is 2.61 bits per heavy atom. The molecule has 0 saturated carbocycles. The van der Waals surface area contributed by atoms with E-state index >= 15 is 0 Å². The number of amides is 1. The van der Waals surface area contributed by atoms with Gasteiger partial charge in [-0.2, -0.15) is 0 Å². The van der Waals surface area contributed by atoms with E-state index in [1.807, 2.05) is 18.2 Å². The zero-order valence-electron chi connectivity index (χ0n) is 13.6. The Labute approximate surface area is 135 Å². The van der Waals surface area contributed by atoms with Crippen LogP contribution in [0.4, 0.5) is 5.69 Å². The molecule has 3 heteroatoms. The lowest BCUT2D eigenvalue weighted by Gasteiger charge is -2.08. The van der Waals surface area contributed by atoms with E-state index in [1.165, 1.54) is 11.1 Å². The van der Waals surface area contributed by atoms with E-state index < -0.39 is 0 Å². The molecule has 23 heavy (non-hydrogen) atoms. The molecular weight excluding hydrogens is 286 g/mol. The minimum Gasteiger partial charge on any atom is -0.461 e. The summed E-state index contributed by atoms with van der Waals surface area (Å²) in [5, 5.41) is 4.12. The van der Waals surface area contributed by atoms with Gasteiger partial charge in [-0.15, -0.1) is 0 Å². The van der Waals surface area contributed by atoms with E-state index in [-0.39, 0.29) is 11.8 Å². The van der Waals surface area contributed by atoms with Gasteiger partial charge in [0, 0.05) is 17.5 Å². The Balaban J connectivity index is 1.76. The fourth-order valence-electron chi connectivity index (χ4n) is 3.41. The number of nitrogens with one attached hydrogen (secondary N) is 1. The molecule has 116 valence electrons. The maximum Gasteiger partial charge on any atom is 0.232 e. The summed E-state index contributed by atoms with van der Waals surface area (Å²) < 4.78 is 6.03. The third-order valence-corrected chi connectivity index (χ3v) is 4.74. The molecule has 0 spiro atoms. The molecule has 1 amide bonds. The monoisotopic (exact) mass is 305 g/mol. The van der Waals surface area contributed by atoms with Crippen LogP contribution >= 0.6 is 0 Å². The smallest absolute Gasteiger partial charge is 0.232 e. The van der Waals surface area contributed by atoms with Crippen LogP contribution in [0.2, 0.25) is 0 Å². The fourth-order valence-corrected chi connectivity index (χ4v) is 3.41. The number of anilines is 1. The van der Waals surface area contributed by atoms with Gasteiger partial charge in [0.1, 0.15) is 11.3 Å². The van der Waals surface area contributed by atoms with Gasteiger partial charge in [-0.25, -0.2) is 0 Å². The number of aryl methyl sites for hydroxylation is 3. The quantitative estimate of drug-likeness (QED) is 0.749. The SMILES string of the molecule is Cc1ccc2c(c1)[C@@H](Cc1oc3ccc(C)cc3c1C)C(=O)N2. The molecule has 1 N–H and O–H groups in total. The molecule has 3 nitrogen and oxygen atoms in total. The highest BCUT2D eigenvalue weighted by Crippen LogP contribution is 2.37. The summed E-state index contributed by atoms with van der Waals surface area (Å²) in [5.41, 5.74) is 6.42. The number of furan rings is 1. The Hall–Kier alpha value is -2.55. The van der Waals surface area contributed by atoms with Crippen LogP contribution in [0.15, 0.2) is 40.8 Å². The molecule has 0 saturated heterocycles. The fraction of sp³-hybridized carbons (Fsp3) is 0.250. The normalized spacial score (nSPS) is 16.7. The molecule has 4 rings (SSSR count). The second-order valence-electron chi connectivity index (χ2n) is 6.49. The second kappa shape index (κ2) is 4.98. The highest BCUT2D eigenvalue weighted by Gasteiger charge is 2.32. The van der Waals surface area contributed by atoms with Crippen LogP contribution in [0.25, 0.3) is 11.0 Å². The van der Waals surface area contributed by atoms with E-state index in [1.54, 1.807) is 0 Å². The Morgan fingerprint density at radius 2 is 1.78 bits per heavy atom. The molecule has 0 fully saturated rings. The van der Waals surface area contributed by atoms with Crippen molar-refractivity contribution in [3.05, 3.63) is 64.4 Å². The molecule has 1 aliphatic heterocycles. The summed E-state index contributed by atoms with van der Waals surface area (Å²) in [6.45, 7) is 6.20. The predicted octanol–water partition coefficient (Wildman–Crippen LogP) is 4.64. The molecule has 0 radical (unpaired) electrons. The van der Waals surface area contributed by atoms with E-state index in [0.29, 0.717) is 6.42 Å². The van der Waals surface area contributed by atoms with Crippen LogP contribution in [-0.4, -0.2) is 5.91 Å². The lowest BCUT2D eigenvalue weighted by atomic mass is 9.93. The van der Waals surface area contributed by atoms with Crippen LogP contribution in [0.3, 0.4) is 0 Å². The first kappa shape index (κ1) is 14.1. The summed E-state index contributed by atoms with van der Waals surface area (Å²) in [4.78, 5) is 12.4. The molecule has 3 aromatic rings. The molecule has 1 aromatic heterocycles. The van der Waals surface area contributed by atoms with Crippen LogP contribution in [0, 0.1) is 20.8 Å². The molecule has 0 unspecified atom stereocenters. The summed E-state index contributed by atoms with van der Waals surface area (Å²) in [6, 6.07) is 12.3. The van der Waals surface area contributed by atoms with E-state index in [0.717, 1.165) is 33.5 Å². The molecule has 1 aliphatic rings. The summed E-state index contributed by atoms with van der Waals surface area (Å²) in [7, 11) is 0. The van der Waals surface area contributed by atoms with Crippen molar-refractivity contribution >= 4 is 22.6 Å². The van der Waals surface area contributed by atoms with Crippen molar-refractivity contribution in [3.63, 3.8) is 0 Å². The maximum atomic E-state index is 12.4. The average Bonchev–Trinajstić information content (AvgIpc) is 2.99. The number of carbonyl (C=O) groups excluding carboxylic acids is 1. The van der Waals surface area contributed by atoms with Crippen molar-refractivity contribution in [2.24, 2.45) is 0 Å². The lowest BCUT2D eigenvalue weighted by Crippen LogP contribution is -2.14. The van der Waals surface area contributed by atoms with Crippen molar-refractivity contribution in [2.75, 3.05) is 5.32 Å². The first-order valence-electron chi connectivity index (χ1n) is 7.93. The van der Waals surface area contributed by atoms with Gasteiger partial charge in [-0.1, -0.05) is 29.3 Å². The zero-order chi connectivity index (χ0) is 16.1. The Bertz CT molecular complexity index is 936. The Kier molecular flexibility index (Phi) is 3.05. The van der Waals surface area contributed by atoms with Crippen LogP contribution in [-0.2, 0) is 11.2 Å². The van der Waals surface area contributed by atoms with E-state index in [9.17, 15) is 4.79 Å². The topological polar surface area (TPSA) is 42.2 Å². The molecule has 1 atom stereocenters. The maximum absolute atomic E-state index is 12.4. The van der Waals surface area contributed by atoms with Gasteiger partial charge in [-0.05, 0) is 50.1 Å².